The van der Waals surface area contributed by atoms with Crippen LogP contribution in [0.5, 0.6) is 11.5 Å². The summed E-state index contributed by atoms with van der Waals surface area (Å²) in [6, 6.07) is 5.37. The molecule has 0 N–H and O–H groups in total. The maximum Gasteiger partial charge on any atom is 0.162 e. The lowest BCUT2D eigenvalue weighted by atomic mass is 9.68. The van der Waals surface area contributed by atoms with Crippen LogP contribution < -0.4 is 9.47 Å². The van der Waals surface area contributed by atoms with Crippen molar-refractivity contribution in [2.45, 2.75) is 44.4 Å². The summed E-state index contributed by atoms with van der Waals surface area (Å²) in [6.45, 7) is 0. The number of Topliss-reactive ketones (excluding diaryl/α,β-unsaturated/α-hetero) is 3. The maximum atomic E-state index is 12.6. The first-order valence-corrected chi connectivity index (χ1v) is 8.77. The van der Waals surface area contributed by atoms with Crippen molar-refractivity contribution in [1.82, 2.24) is 0 Å². The molecule has 2 aliphatic carbocycles. The molecule has 25 heavy (non-hydrogen) atoms. The van der Waals surface area contributed by atoms with Crippen molar-refractivity contribution < 1.29 is 23.9 Å². The molecule has 1 aromatic carbocycles. The monoisotopic (exact) mass is 340 g/mol. The highest BCUT2D eigenvalue weighted by Crippen LogP contribution is 2.49. The van der Waals surface area contributed by atoms with Crippen LogP contribution in [-0.2, 0) is 14.4 Å². The number of ether oxygens (including phenoxy) is 2. The van der Waals surface area contributed by atoms with Crippen LogP contribution in [0.25, 0.3) is 0 Å². The Balaban J connectivity index is 1.89. The summed E-state index contributed by atoms with van der Waals surface area (Å²) in [5, 5.41) is 0. The van der Waals surface area contributed by atoms with Crippen molar-refractivity contribution in [3.8, 4) is 11.5 Å². The molecule has 1 aliphatic heterocycles. The van der Waals surface area contributed by atoms with E-state index >= 15 is 0 Å². The minimum Gasteiger partial charge on any atom is -0.497 e. The first kappa shape index (κ1) is 16.1. The lowest BCUT2D eigenvalue weighted by molar-refractivity contribution is -0.136. The number of benzene rings is 1. The fraction of sp³-hybridized carbons (Fsp3) is 0.450. The Kier molecular flexibility index (Phi) is 3.94. The molecule has 5 heteroatoms. The van der Waals surface area contributed by atoms with Gasteiger partial charge in [0.15, 0.2) is 5.78 Å². The van der Waals surface area contributed by atoms with Crippen LogP contribution in [0.2, 0.25) is 0 Å². The highest BCUT2D eigenvalue weighted by Gasteiger charge is 2.46. The number of carbonyl (C=O) groups excluding carboxylic acids is 3. The minimum absolute atomic E-state index is 0.00103. The number of hydrogen-bond donors (Lipinski definition) is 0. The number of rotatable bonds is 2. The molecule has 0 saturated heterocycles. The van der Waals surface area contributed by atoms with Crippen LogP contribution in [0, 0.1) is 5.92 Å². The molecular formula is C20H20O5. The van der Waals surface area contributed by atoms with Gasteiger partial charge in [0.2, 0.25) is 0 Å². The van der Waals surface area contributed by atoms with Gasteiger partial charge in [0.25, 0.3) is 0 Å². The van der Waals surface area contributed by atoms with E-state index in [1.54, 1.807) is 19.2 Å². The van der Waals surface area contributed by atoms with Gasteiger partial charge < -0.3 is 9.47 Å². The van der Waals surface area contributed by atoms with Gasteiger partial charge in [-0.2, -0.15) is 0 Å². The Morgan fingerprint density at radius 2 is 1.68 bits per heavy atom. The summed E-state index contributed by atoms with van der Waals surface area (Å²) < 4.78 is 11.3. The third-order valence-electron chi connectivity index (χ3n) is 5.38. The van der Waals surface area contributed by atoms with E-state index in [1.807, 2.05) is 6.07 Å². The van der Waals surface area contributed by atoms with Gasteiger partial charge in [-0.25, -0.2) is 0 Å². The van der Waals surface area contributed by atoms with Gasteiger partial charge in [-0.15, -0.1) is 0 Å². The van der Waals surface area contributed by atoms with Crippen molar-refractivity contribution >= 4 is 17.3 Å². The normalized spacial score (nSPS) is 23.9. The average molecular weight is 340 g/mol. The minimum atomic E-state index is -0.767. The summed E-state index contributed by atoms with van der Waals surface area (Å²) in [5.41, 5.74) is 1.28. The first-order chi connectivity index (χ1) is 12.1. The summed E-state index contributed by atoms with van der Waals surface area (Å²) in [5.74, 6) is 0.445. The fourth-order valence-corrected chi connectivity index (χ4v) is 4.21. The molecule has 4 rings (SSSR count). The molecule has 0 aromatic heterocycles. The predicted molar refractivity (Wildman–Crippen MR) is 89.6 cm³/mol. The first-order valence-electron chi connectivity index (χ1n) is 8.77. The second kappa shape index (κ2) is 6.14. The molecule has 1 saturated carbocycles. The zero-order valence-electron chi connectivity index (χ0n) is 14.2. The van der Waals surface area contributed by atoms with E-state index in [4.69, 9.17) is 9.47 Å². The smallest absolute Gasteiger partial charge is 0.162 e. The van der Waals surface area contributed by atoms with E-state index in [0.29, 0.717) is 54.9 Å². The van der Waals surface area contributed by atoms with E-state index in [0.717, 1.165) is 12.0 Å². The van der Waals surface area contributed by atoms with Gasteiger partial charge in [-0.1, -0.05) is 6.07 Å². The zero-order valence-corrected chi connectivity index (χ0v) is 14.2. The summed E-state index contributed by atoms with van der Waals surface area (Å²) in [7, 11) is 1.57. The van der Waals surface area contributed by atoms with Crippen molar-refractivity contribution in [2.24, 2.45) is 5.92 Å². The van der Waals surface area contributed by atoms with Crippen LogP contribution in [0.4, 0.5) is 0 Å². The standard InChI is InChI=1S/C20H20O5/c1-24-11-8-9-12-17(10-11)25-16-7-3-6-15(23)20(16)18(12)19-13(21)4-2-5-14(19)22/h8-10,18-19H,2-7H2,1H3/t18-/m0/s1. The Labute approximate surface area is 146 Å². The molecular weight excluding hydrogens is 320 g/mol. The van der Waals surface area contributed by atoms with Crippen LogP contribution in [0.3, 0.4) is 0 Å². The molecule has 0 unspecified atom stereocenters. The lowest BCUT2D eigenvalue weighted by Gasteiger charge is -2.37. The number of methoxy groups -OCH3 is 1. The van der Waals surface area contributed by atoms with Crippen LogP contribution in [0.15, 0.2) is 29.5 Å². The molecule has 3 aliphatic rings. The second-order valence-electron chi connectivity index (χ2n) is 6.86. The second-order valence-corrected chi connectivity index (χ2v) is 6.86. The summed E-state index contributed by atoms with van der Waals surface area (Å²) in [6.07, 6.45) is 3.23. The molecule has 0 spiro atoms. The highest BCUT2D eigenvalue weighted by molar-refractivity contribution is 6.08. The van der Waals surface area contributed by atoms with Gasteiger partial charge in [0.1, 0.15) is 28.8 Å². The molecule has 0 amide bonds. The van der Waals surface area contributed by atoms with Gasteiger partial charge in [0, 0.05) is 48.8 Å². The number of allylic oxidation sites excluding steroid dienone is 2. The number of fused-ring (bicyclic) bond motifs is 1. The van der Waals surface area contributed by atoms with E-state index in [9.17, 15) is 14.4 Å². The Bertz CT molecular complexity index is 788. The van der Waals surface area contributed by atoms with E-state index in [1.165, 1.54) is 0 Å². The van der Waals surface area contributed by atoms with Crippen molar-refractivity contribution in [3.63, 3.8) is 0 Å². The largest absolute Gasteiger partial charge is 0.497 e. The number of ketones is 3. The summed E-state index contributed by atoms with van der Waals surface area (Å²) >= 11 is 0. The topological polar surface area (TPSA) is 69.7 Å². The third kappa shape index (κ3) is 2.58. The molecule has 0 bridgehead atoms. The SMILES string of the molecule is COc1ccc2c(c1)OC1=C(C(=O)CCC1)[C@@H]2C1C(=O)CCCC1=O. The molecule has 1 heterocycles. The highest BCUT2D eigenvalue weighted by atomic mass is 16.5. The average Bonchev–Trinajstić information content (AvgIpc) is 2.60. The Morgan fingerprint density at radius 1 is 0.960 bits per heavy atom. The Morgan fingerprint density at radius 3 is 2.40 bits per heavy atom. The number of hydrogen-bond acceptors (Lipinski definition) is 5. The van der Waals surface area contributed by atoms with Crippen LogP contribution >= 0.6 is 0 Å². The Hall–Kier alpha value is -2.43. The predicted octanol–water partition coefficient (Wildman–Crippen LogP) is 3.12. The maximum absolute atomic E-state index is 12.6. The summed E-state index contributed by atoms with van der Waals surface area (Å²) in [4.78, 5) is 37.8. The van der Waals surface area contributed by atoms with Gasteiger partial charge >= 0.3 is 0 Å². The van der Waals surface area contributed by atoms with Crippen LogP contribution in [0.1, 0.15) is 50.0 Å². The molecule has 0 radical (unpaired) electrons. The molecule has 1 aromatic rings. The zero-order chi connectivity index (χ0) is 17.6. The van der Waals surface area contributed by atoms with Gasteiger partial charge in [-0.05, 0) is 18.9 Å². The fourth-order valence-electron chi connectivity index (χ4n) is 4.21. The van der Waals surface area contributed by atoms with Gasteiger partial charge in [0.05, 0.1) is 13.0 Å². The molecule has 5 nitrogen and oxygen atoms in total. The van der Waals surface area contributed by atoms with Crippen molar-refractivity contribution in [2.75, 3.05) is 7.11 Å². The molecule has 130 valence electrons. The van der Waals surface area contributed by atoms with Gasteiger partial charge in [-0.3, -0.25) is 14.4 Å². The van der Waals surface area contributed by atoms with Crippen molar-refractivity contribution in [3.05, 3.63) is 35.1 Å². The third-order valence-corrected chi connectivity index (χ3v) is 5.38. The molecule has 1 atom stereocenters. The van der Waals surface area contributed by atoms with E-state index in [-0.39, 0.29) is 17.3 Å². The number of carbonyl (C=O) groups is 3. The quantitative estimate of drug-likeness (QED) is 0.774. The lowest BCUT2D eigenvalue weighted by Crippen LogP contribution is -2.38. The van der Waals surface area contributed by atoms with E-state index in [2.05, 4.69) is 0 Å². The van der Waals surface area contributed by atoms with E-state index < -0.39 is 11.8 Å². The van der Waals surface area contributed by atoms with Crippen LogP contribution in [-0.4, -0.2) is 24.5 Å². The molecule has 1 fully saturated rings. The van der Waals surface area contributed by atoms with Crippen molar-refractivity contribution in [1.29, 1.82) is 0 Å².